The number of rotatable bonds is 5. The summed E-state index contributed by atoms with van der Waals surface area (Å²) >= 11 is 0. The lowest BCUT2D eigenvalue weighted by Gasteiger charge is -2.20. The summed E-state index contributed by atoms with van der Waals surface area (Å²) < 4.78 is 0. The second-order valence-corrected chi connectivity index (χ2v) is 5.64. The van der Waals surface area contributed by atoms with Crippen molar-refractivity contribution in [2.24, 2.45) is 16.6 Å². The maximum absolute atomic E-state index is 6.15. The minimum Gasteiger partial charge on any atom is -0.387 e. The van der Waals surface area contributed by atoms with Crippen molar-refractivity contribution in [3.63, 3.8) is 0 Å². The number of nitrogens with zero attached hydrogens (tertiary/aromatic N) is 1. The van der Waals surface area contributed by atoms with Gasteiger partial charge >= 0.3 is 0 Å². The molecular weight excluding hydrogens is 232 g/mol. The molecule has 1 aromatic carbocycles. The lowest BCUT2D eigenvalue weighted by molar-refractivity contribution is 0.437. The van der Waals surface area contributed by atoms with Crippen LogP contribution in [0.1, 0.15) is 57.4 Å². The monoisotopic (exact) mass is 258 g/mol. The van der Waals surface area contributed by atoms with E-state index in [9.17, 15) is 0 Å². The van der Waals surface area contributed by atoms with Crippen molar-refractivity contribution in [3.8, 4) is 0 Å². The van der Waals surface area contributed by atoms with Crippen molar-refractivity contribution in [3.05, 3.63) is 29.8 Å². The number of amidine groups is 1. The molecule has 19 heavy (non-hydrogen) atoms. The standard InChI is InChI=1S/C17H26N2/c1-2-3-7-14-10-12-16(13-11-14)19-17(18)15-8-5-4-6-9-15/h10-13,15H,2-9H2,1H3,(H2,18,19). The van der Waals surface area contributed by atoms with Gasteiger partial charge in [-0.15, -0.1) is 0 Å². The minimum atomic E-state index is 0.508. The van der Waals surface area contributed by atoms with E-state index in [0.717, 1.165) is 11.5 Å². The quantitative estimate of drug-likeness (QED) is 0.608. The molecule has 1 saturated carbocycles. The molecule has 0 saturated heterocycles. The average molecular weight is 258 g/mol. The van der Waals surface area contributed by atoms with Crippen LogP contribution in [0.3, 0.4) is 0 Å². The van der Waals surface area contributed by atoms with E-state index in [2.05, 4.69) is 36.2 Å². The third kappa shape index (κ3) is 4.38. The van der Waals surface area contributed by atoms with Gasteiger partial charge in [0.1, 0.15) is 5.84 Å². The lowest BCUT2D eigenvalue weighted by Crippen LogP contribution is -2.25. The van der Waals surface area contributed by atoms with Crippen LogP contribution in [0, 0.1) is 5.92 Å². The zero-order chi connectivity index (χ0) is 13.5. The highest BCUT2D eigenvalue weighted by atomic mass is 14.9. The number of hydrogen-bond donors (Lipinski definition) is 1. The fourth-order valence-electron chi connectivity index (χ4n) is 2.76. The summed E-state index contributed by atoms with van der Waals surface area (Å²) in [4.78, 5) is 4.60. The van der Waals surface area contributed by atoms with E-state index in [1.165, 1.54) is 56.9 Å². The largest absolute Gasteiger partial charge is 0.387 e. The Kier molecular flexibility index (Phi) is 5.44. The van der Waals surface area contributed by atoms with Gasteiger partial charge in [-0.3, -0.25) is 0 Å². The molecule has 2 rings (SSSR count). The zero-order valence-corrected chi connectivity index (χ0v) is 12.1. The Labute approximate surface area is 117 Å². The highest BCUT2D eigenvalue weighted by Gasteiger charge is 2.16. The van der Waals surface area contributed by atoms with Crippen LogP contribution in [0.4, 0.5) is 5.69 Å². The molecule has 0 amide bonds. The Balaban J connectivity index is 1.97. The van der Waals surface area contributed by atoms with Crippen LogP contribution in [0.15, 0.2) is 29.3 Å². The SMILES string of the molecule is CCCCc1ccc(N=C(N)C2CCCCC2)cc1. The first-order chi connectivity index (χ1) is 9.29. The van der Waals surface area contributed by atoms with E-state index in [4.69, 9.17) is 5.73 Å². The maximum atomic E-state index is 6.15. The summed E-state index contributed by atoms with van der Waals surface area (Å²) in [5.74, 6) is 1.34. The Morgan fingerprint density at radius 1 is 1.16 bits per heavy atom. The fourth-order valence-corrected chi connectivity index (χ4v) is 2.76. The first-order valence-electron chi connectivity index (χ1n) is 7.72. The van der Waals surface area contributed by atoms with Crippen LogP contribution in [0.2, 0.25) is 0 Å². The van der Waals surface area contributed by atoms with Gasteiger partial charge in [0, 0.05) is 5.92 Å². The van der Waals surface area contributed by atoms with Crippen molar-refractivity contribution in [2.75, 3.05) is 0 Å². The van der Waals surface area contributed by atoms with Crippen LogP contribution in [0.25, 0.3) is 0 Å². The van der Waals surface area contributed by atoms with Crippen molar-refractivity contribution in [1.82, 2.24) is 0 Å². The predicted octanol–water partition coefficient (Wildman–Crippen LogP) is 4.60. The molecule has 1 aliphatic rings. The number of aryl methyl sites for hydroxylation is 1. The number of nitrogens with two attached hydrogens (primary N) is 1. The third-order valence-electron chi connectivity index (χ3n) is 4.04. The molecule has 0 radical (unpaired) electrons. The zero-order valence-electron chi connectivity index (χ0n) is 12.1. The van der Waals surface area contributed by atoms with E-state index in [1.54, 1.807) is 0 Å². The number of aliphatic imine (C=N–C) groups is 1. The molecule has 1 fully saturated rings. The van der Waals surface area contributed by atoms with Gasteiger partial charge in [-0.2, -0.15) is 0 Å². The second kappa shape index (κ2) is 7.32. The van der Waals surface area contributed by atoms with Gasteiger partial charge in [0.05, 0.1) is 5.69 Å². The Morgan fingerprint density at radius 3 is 2.47 bits per heavy atom. The van der Waals surface area contributed by atoms with Gasteiger partial charge in [-0.05, 0) is 43.4 Å². The summed E-state index contributed by atoms with van der Waals surface area (Å²) in [5.41, 5.74) is 8.55. The lowest BCUT2D eigenvalue weighted by atomic mass is 9.88. The summed E-state index contributed by atoms with van der Waals surface area (Å²) in [6.07, 6.45) is 10.1. The van der Waals surface area contributed by atoms with Gasteiger partial charge in [0.15, 0.2) is 0 Å². The smallest absolute Gasteiger partial charge is 0.103 e. The minimum absolute atomic E-state index is 0.508. The van der Waals surface area contributed by atoms with E-state index < -0.39 is 0 Å². The van der Waals surface area contributed by atoms with Crippen molar-refractivity contribution < 1.29 is 0 Å². The van der Waals surface area contributed by atoms with Gasteiger partial charge in [-0.25, -0.2) is 4.99 Å². The highest BCUT2D eigenvalue weighted by Crippen LogP contribution is 2.25. The van der Waals surface area contributed by atoms with E-state index >= 15 is 0 Å². The van der Waals surface area contributed by atoms with Crippen LogP contribution in [-0.2, 0) is 6.42 Å². The van der Waals surface area contributed by atoms with Crippen molar-refractivity contribution >= 4 is 11.5 Å². The fraction of sp³-hybridized carbons (Fsp3) is 0.588. The molecule has 0 bridgehead atoms. The van der Waals surface area contributed by atoms with Gasteiger partial charge in [0.2, 0.25) is 0 Å². The molecule has 0 heterocycles. The van der Waals surface area contributed by atoms with Crippen LogP contribution >= 0.6 is 0 Å². The van der Waals surface area contributed by atoms with Crippen LogP contribution < -0.4 is 5.73 Å². The van der Waals surface area contributed by atoms with Gasteiger partial charge in [-0.1, -0.05) is 44.7 Å². The average Bonchev–Trinajstić information content (AvgIpc) is 2.47. The summed E-state index contributed by atoms with van der Waals surface area (Å²) in [5, 5.41) is 0. The molecule has 2 nitrogen and oxygen atoms in total. The first kappa shape index (κ1) is 14.1. The normalized spacial score (nSPS) is 17.6. The third-order valence-corrected chi connectivity index (χ3v) is 4.04. The molecule has 104 valence electrons. The Morgan fingerprint density at radius 2 is 1.84 bits per heavy atom. The topological polar surface area (TPSA) is 38.4 Å². The molecule has 2 heteroatoms. The summed E-state index contributed by atoms with van der Waals surface area (Å²) in [6.45, 7) is 2.23. The van der Waals surface area contributed by atoms with Gasteiger partial charge in [0.25, 0.3) is 0 Å². The highest BCUT2D eigenvalue weighted by molar-refractivity contribution is 5.85. The van der Waals surface area contributed by atoms with Crippen LogP contribution in [-0.4, -0.2) is 5.84 Å². The number of hydrogen-bond acceptors (Lipinski definition) is 1. The molecule has 0 aromatic heterocycles. The molecule has 1 aromatic rings. The molecule has 0 unspecified atom stereocenters. The summed E-state index contributed by atoms with van der Waals surface area (Å²) in [6, 6.07) is 8.56. The van der Waals surface area contributed by atoms with E-state index in [0.29, 0.717) is 5.92 Å². The number of unbranched alkanes of at least 4 members (excludes halogenated alkanes) is 1. The molecule has 0 spiro atoms. The second-order valence-electron chi connectivity index (χ2n) is 5.64. The number of benzene rings is 1. The molecule has 1 aliphatic carbocycles. The molecule has 0 atom stereocenters. The van der Waals surface area contributed by atoms with Crippen molar-refractivity contribution in [1.29, 1.82) is 0 Å². The maximum Gasteiger partial charge on any atom is 0.103 e. The predicted molar refractivity (Wildman–Crippen MR) is 82.9 cm³/mol. The van der Waals surface area contributed by atoms with Gasteiger partial charge < -0.3 is 5.73 Å². The Hall–Kier alpha value is -1.31. The Bertz CT molecular complexity index is 400. The molecule has 2 N–H and O–H groups in total. The summed E-state index contributed by atoms with van der Waals surface area (Å²) in [7, 11) is 0. The first-order valence-corrected chi connectivity index (χ1v) is 7.72. The van der Waals surface area contributed by atoms with Crippen LogP contribution in [0.5, 0.6) is 0 Å². The van der Waals surface area contributed by atoms with E-state index in [1.807, 2.05) is 0 Å². The molecular formula is C17H26N2. The van der Waals surface area contributed by atoms with E-state index in [-0.39, 0.29) is 0 Å². The molecule has 0 aliphatic heterocycles. The van der Waals surface area contributed by atoms with Crippen molar-refractivity contribution in [2.45, 2.75) is 58.3 Å².